The van der Waals surface area contributed by atoms with Crippen LogP contribution in [0.25, 0.3) is 22.3 Å². The third-order valence-electron chi connectivity index (χ3n) is 4.41. The molecule has 2 aromatic heterocycles. The first kappa shape index (κ1) is 19.5. The van der Waals surface area contributed by atoms with Crippen molar-refractivity contribution in [2.75, 3.05) is 0 Å². The zero-order valence-electron chi connectivity index (χ0n) is 15.4. The SMILES string of the molecule is Cc1ccc(-c2oc3cc(C)c(Cl)cc3c(=O)c2OC(=O)c2ccc(Br)o2)cc1. The summed E-state index contributed by atoms with van der Waals surface area (Å²) in [7, 11) is 0. The Morgan fingerprint density at radius 3 is 2.41 bits per heavy atom. The molecule has 146 valence electrons. The molecule has 0 N–H and O–H groups in total. The van der Waals surface area contributed by atoms with E-state index in [0.717, 1.165) is 11.1 Å². The lowest BCUT2D eigenvalue weighted by atomic mass is 10.1. The van der Waals surface area contributed by atoms with Gasteiger partial charge in [-0.2, -0.15) is 0 Å². The summed E-state index contributed by atoms with van der Waals surface area (Å²) < 4.78 is 17.0. The molecule has 2 heterocycles. The molecule has 5 nitrogen and oxygen atoms in total. The summed E-state index contributed by atoms with van der Waals surface area (Å²) in [6.45, 7) is 3.76. The Bertz CT molecular complexity index is 1300. The van der Waals surface area contributed by atoms with Crippen LogP contribution in [0.15, 0.2) is 66.8 Å². The van der Waals surface area contributed by atoms with Gasteiger partial charge in [0.15, 0.2) is 10.4 Å². The molecule has 29 heavy (non-hydrogen) atoms. The first-order chi connectivity index (χ1) is 13.8. The van der Waals surface area contributed by atoms with Gasteiger partial charge in [-0.1, -0.05) is 41.4 Å². The zero-order valence-corrected chi connectivity index (χ0v) is 17.8. The van der Waals surface area contributed by atoms with Crippen molar-refractivity contribution in [2.24, 2.45) is 0 Å². The largest absolute Gasteiger partial charge is 0.452 e. The Morgan fingerprint density at radius 1 is 1.03 bits per heavy atom. The lowest BCUT2D eigenvalue weighted by Crippen LogP contribution is -2.16. The Balaban J connectivity index is 1.94. The van der Waals surface area contributed by atoms with E-state index in [1.807, 2.05) is 26.0 Å². The number of fused-ring (bicyclic) bond motifs is 1. The first-order valence-corrected chi connectivity index (χ1v) is 9.82. The molecule has 0 radical (unpaired) electrons. The fourth-order valence-electron chi connectivity index (χ4n) is 2.85. The maximum absolute atomic E-state index is 13.2. The molecule has 0 amide bonds. The monoisotopic (exact) mass is 472 g/mol. The maximum Gasteiger partial charge on any atom is 0.379 e. The Kier molecular flexibility index (Phi) is 5.06. The molecule has 0 bridgehead atoms. The van der Waals surface area contributed by atoms with E-state index in [9.17, 15) is 9.59 Å². The van der Waals surface area contributed by atoms with E-state index in [-0.39, 0.29) is 22.7 Å². The van der Waals surface area contributed by atoms with Crippen LogP contribution in [0, 0.1) is 13.8 Å². The molecular weight excluding hydrogens is 460 g/mol. The minimum absolute atomic E-state index is 0.0480. The summed E-state index contributed by atoms with van der Waals surface area (Å²) in [6, 6.07) is 13.5. The molecule has 4 rings (SSSR count). The average Bonchev–Trinajstić information content (AvgIpc) is 3.13. The van der Waals surface area contributed by atoms with Crippen LogP contribution in [0.4, 0.5) is 0 Å². The van der Waals surface area contributed by atoms with Gasteiger partial charge in [-0.3, -0.25) is 4.79 Å². The van der Waals surface area contributed by atoms with Gasteiger partial charge in [0.1, 0.15) is 5.58 Å². The Hall–Kier alpha value is -2.83. The Morgan fingerprint density at radius 2 is 1.76 bits per heavy atom. The van der Waals surface area contributed by atoms with Gasteiger partial charge in [-0.15, -0.1) is 0 Å². The summed E-state index contributed by atoms with van der Waals surface area (Å²) in [5, 5.41) is 0.639. The third kappa shape index (κ3) is 3.73. The zero-order chi connectivity index (χ0) is 20.7. The van der Waals surface area contributed by atoms with E-state index in [2.05, 4.69) is 15.9 Å². The molecule has 0 aliphatic rings. The maximum atomic E-state index is 13.2. The molecule has 7 heteroatoms. The fraction of sp³-hybridized carbons (Fsp3) is 0.0909. The van der Waals surface area contributed by atoms with Gasteiger partial charge in [0, 0.05) is 10.6 Å². The van der Waals surface area contributed by atoms with Crippen LogP contribution in [-0.2, 0) is 0 Å². The standard InChI is InChI=1S/C22H14BrClO5/c1-11-3-5-13(6-4-11)20-21(29-22(26)16-7-8-18(23)27-16)19(25)14-10-15(24)12(2)9-17(14)28-20/h3-10H,1-2H3. The summed E-state index contributed by atoms with van der Waals surface area (Å²) >= 11 is 9.32. The van der Waals surface area contributed by atoms with E-state index < -0.39 is 11.4 Å². The molecular formula is C22H14BrClO5. The van der Waals surface area contributed by atoms with Gasteiger partial charge < -0.3 is 13.6 Å². The highest BCUT2D eigenvalue weighted by Crippen LogP contribution is 2.33. The molecule has 0 aliphatic heterocycles. The van der Waals surface area contributed by atoms with Crippen LogP contribution in [0.5, 0.6) is 5.75 Å². The first-order valence-electron chi connectivity index (χ1n) is 8.65. The fourth-order valence-corrected chi connectivity index (χ4v) is 3.32. The molecule has 0 fully saturated rings. The molecule has 0 unspecified atom stereocenters. The third-order valence-corrected chi connectivity index (χ3v) is 5.25. The lowest BCUT2D eigenvalue weighted by molar-refractivity contribution is 0.0696. The number of hydrogen-bond acceptors (Lipinski definition) is 5. The second-order valence-corrected chi connectivity index (χ2v) is 7.74. The van der Waals surface area contributed by atoms with Crippen molar-refractivity contribution < 1.29 is 18.4 Å². The van der Waals surface area contributed by atoms with Gasteiger partial charge in [0.2, 0.25) is 16.9 Å². The van der Waals surface area contributed by atoms with Gasteiger partial charge in [-0.05, 0) is 59.6 Å². The summed E-state index contributed by atoms with van der Waals surface area (Å²) in [5.74, 6) is -0.927. The van der Waals surface area contributed by atoms with Crippen molar-refractivity contribution in [3.8, 4) is 17.1 Å². The van der Waals surface area contributed by atoms with Crippen LogP contribution in [0.2, 0.25) is 5.02 Å². The molecule has 0 saturated carbocycles. The second-order valence-electron chi connectivity index (χ2n) is 6.55. The van der Waals surface area contributed by atoms with Crippen LogP contribution in [0.1, 0.15) is 21.7 Å². The molecule has 0 atom stereocenters. The van der Waals surface area contributed by atoms with Gasteiger partial charge >= 0.3 is 5.97 Å². The molecule has 2 aromatic carbocycles. The van der Waals surface area contributed by atoms with E-state index in [1.54, 1.807) is 24.3 Å². The van der Waals surface area contributed by atoms with Gasteiger partial charge in [-0.25, -0.2) is 4.79 Å². The lowest BCUT2D eigenvalue weighted by Gasteiger charge is -2.11. The number of rotatable bonds is 3. The summed E-state index contributed by atoms with van der Waals surface area (Å²) in [4.78, 5) is 25.7. The minimum atomic E-state index is -0.811. The number of furan rings is 1. The van der Waals surface area contributed by atoms with Crippen molar-refractivity contribution in [2.45, 2.75) is 13.8 Å². The number of carbonyl (C=O) groups excluding carboxylic acids is 1. The number of aryl methyl sites for hydroxylation is 2. The summed E-state index contributed by atoms with van der Waals surface area (Å²) in [5.41, 5.74) is 2.27. The molecule has 0 saturated heterocycles. The topological polar surface area (TPSA) is 69.7 Å². The van der Waals surface area contributed by atoms with E-state index in [0.29, 0.717) is 20.8 Å². The van der Waals surface area contributed by atoms with Crippen molar-refractivity contribution in [1.82, 2.24) is 0 Å². The van der Waals surface area contributed by atoms with Crippen molar-refractivity contribution >= 4 is 44.5 Å². The normalized spacial score (nSPS) is 11.0. The summed E-state index contributed by atoms with van der Waals surface area (Å²) in [6.07, 6.45) is 0. The highest BCUT2D eigenvalue weighted by molar-refractivity contribution is 9.10. The highest BCUT2D eigenvalue weighted by Gasteiger charge is 2.23. The number of carbonyl (C=O) groups is 1. The van der Waals surface area contributed by atoms with Crippen molar-refractivity contribution in [1.29, 1.82) is 0 Å². The number of ether oxygens (including phenoxy) is 1. The van der Waals surface area contributed by atoms with Crippen molar-refractivity contribution in [3.05, 3.63) is 85.3 Å². The van der Waals surface area contributed by atoms with Crippen LogP contribution >= 0.6 is 27.5 Å². The van der Waals surface area contributed by atoms with E-state index in [4.69, 9.17) is 25.2 Å². The van der Waals surface area contributed by atoms with Gasteiger partial charge in [0.05, 0.1) is 5.39 Å². The van der Waals surface area contributed by atoms with Crippen molar-refractivity contribution in [3.63, 3.8) is 0 Å². The van der Waals surface area contributed by atoms with Crippen LogP contribution in [-0.4, -0.2) is 5.97 Å². The van der Waals surface area contributed by atoms with E-state index >= 15 is 0 Å². The average molecular weight is 474 g/mol. The highest BCUT2D eigenvalue weighted by atomic mass is 79.9. The Labute approximate surface area is 179 Å². The predicted octanol–water partition coefficient (Wildman–Crippen LogP) is 6.30. The second kappa shape index (κ2) is 7.54. The molecule has 0 aliphatic carbocycles. The predicted molar refractivity (Wildman–Crippen MR) is 114 cm³/mol. The van der Waals surface area contributed by atoms with E-state index in [1.165, 1.54) is 12.1 Å². The minimum Gasteiger partial charge on any atom is -0.452 e. The van der Waals surface area contributed by atoms with Crippen LogP contribution < -0.4 is 10.2 Å². The molecule has 0 spiro atoms. The molecule has 4 aromatic rings. The number of esters is 1. The smallest absolute Gasteiger partial charge is 0.379 e. The number of halogens is 2. The quantitative estimate of drug-likeness (QED) is 0.326. The van der Waals surface area contributed by atoms with Crippen LogP contribution in [0.3, 0.4) is 0 Å². The number of hydrogen-bond donors (Lipinski definition) is 0. The van der Waals surface area contributed by atoms with Gasteiger partial charge in [0.25, 0.3) is 0 Å². The number of benzene rings is 2.